The van der Waals surface area contributed by atoms with Gasteiger partial charge in [-0.2, -0.15) is 0 Å². The fourth-order valence-corrected chi connectivity index (χ4v) is 0. The van der Waals surface area contributed by atoms with Crippen molar-refractivity contribution in [3.63, 3.8) is 0 Å². The molecule has 0 aliphatic heterocycles. The van der Waals surface area contributed by atoms with Gasteiger partial charge in [0.1, 0.15) is 0 Å². The number of quaternary nitrogens is 1. The molecule has 0 spiro atoms. The Kier molecular flexibility index (Phi) is 22.1. The minimum atomic E-state index is -4.33. The van der Waals surface area contributed by atoms with E-state index in [-0.39, 0.29) is 22.4 Å². The average Bonchev–Trinajstić information content (AvgIpc) is 1.59. The van der Waals surface area contributed by atoms with Crippen molar-refractivity contribution in [3.8, 4) is 0 Å². The maximum atomic E-state index is 8.89. The van der Waals surface area contributed by atoms with Crippen LogP contribution in [0.3, 0.4) is 0 Å². The van der Waals surface area contributed by atoms with Gasteiger partial charge in [-0.25, -0.2) is 0 Å². The van der Waals surface area contributed by atoms with Gasteiger partial charge in [0.2, 0.25) is 0 Å². The van der Waals surface area contributed by atoms with Crippen LogP contribution in [0.1, 0.15) is 0 Å². The van der Waals surface area contributed by atoms with Crippen molar-refractivity contribution in [1.29, 1.82) is 0 Å². The van der Waals surface area contributed by atoms with Crippen molar-refractivity contribution >= 4 is 40.5 Å². The third-order valence-corrected chi connectivity index (χ3v) is 0. The SMILES string of the molecule is O=S([O-])([O-])=S.O=S([O-])([O-])=S.[Au+3].[NH3+][Cu]. The molecule has 90 valence electrons. The molecule has 0 bridgehead atoms. The number of rotatable bonds is 0. The Morgan fingerprint density at radius 2 is 0.923 bits per heavy atom. The van der Waals surface area contributed by atoms with E-state index in [2.05, 4.69) is 43.4 Å². The fraction of sp³-hybridized carbons (Fsp3) is 0. The molecule has 0 atom stereocenters. The summed E-state index contributed by atoms with van der Waals surface area (Å²) in [5.74, 6) is 0. The zero-order valence-electron chi connectivity index (χ0n) is 5.39. The van der Waals surface area contributed by atoms with Gasteiger partial charge in [-0.05, 0) is 22.4 Å². The van der Waals surface area contributed by atoms with Crippen molar-refractivity contribution < 1.29 is 70.0 Å². The average molecular weight is 502 g/mol. The monoisotopic (exact) mass is 501 g/mol. The molecule has 0 saturated carbocycles. The van der Waals surface area contributed by atoms with Crippen LogP contribution in [0.5, 0.6) is 0 Å². The summed E-state index contributed by atoms with van der Waals surface area (Å²) in [4.78, 5) is 0. The van der Waals surface area contributed by atoms with Gasteiger partial charge in [0.15, 0.2) is 0 Å². The van der Waals surface area contributed by atoms with Crippen LogP contribution in [-0.4, -0.2) is 26.6 Å². The van der Waals surface area contributed by atoms with Crippen LogP contribution in [0, 0.1) is 0 Å². The molecule has 0 amide bonds. The molecular weight excluding hydrogens is 499 g/mol. The minimum absolute atomic E-state index is 0. The van der Waals surface area contributed by atoms with Crippen LogP contribution in [-0.2, 0) is 79.1 Å². The van der Waals surface area contributed by atoms with Gasteiger partial charge in [-0.3, -0.25) is 8.42 Å². The van der Waals surface area contributed by atoms with Gasteiger partial charge in [-0.15, -0.1) is 18.1 Å². The molecule has 0 unspecified atom stereocenters. The summed E-state index contributed by atoms with van der Waals surface area (Å²) in [5.41, 5.74) is 0. The van der Waals surface area contributed by atoms with Crippen molar-refractivity contribution in [2.45, 2.75) is 0 Å². The predicted octanol–water partition coefficient (Wildman–Crippen LogP) is -3.33. The van der Waals surface area contributed by atoms with Gasteiger partial charge < -0.3 is 18.2 Å². The summed E-state index contributed by atoms with van der Waals surface area (Å²) in [7, 11) is -8.67. The second-order valence-corrected chi connectivity index (χ2v) is 4.90. The first-order valence-electron chi connectivity index (χ1n) is 1.55. The first kappa shape index (κ1) is 24.2. The van der Waals surface area contributed by atoms with E-state index in [1.165, 1.54) is 0 Å². The number of hydrogen-bond acceptors (Lipinski definition) is 8. The molecule has 0 aliphatic carbocycles. The Bertz CT molecular complexity index is 221. The van der Waals surface area contributed by atoms with Gasteiger partial charge in [0.05, 0.1) is 0 Å². The molecule has 0 aromatic heterocycles. The van der Waals surface area contributed by atoms with E-state index in [0.29, 0.717) is 0 Å². The molecule has 13 heavy (non-hydrogen) atoms. The first-order chi connectivity index (χ1) is 5.00. The fourth-order valence-electron chi connectivity index (χ4n) is 0. The van der Waals surface area contributed by atoms with Crippen LogP contribution in [0.15, 0.2) is 0 Å². The van der Waals surface area contributed by atoms with E-state index < -0.39 is 18.1 Å². The van der Waals surface area contributed by atoms with Gasteiger partial charge in [0.25, 0.3) is 0 Å². The standard InChI is InChI=1S/Au.Cu.H3N.2H2O3S2/c;;;2*1-5(2,3)4/h;;1H3;2*(H2,1,2,3,4)/q+3;+1;;;/p-4. The molecule has 0 aromatic carbocycles. The second kappa shape index (κ2) is 11.9. The van der Waals surface area contributed by atoms with E-state index in [0.717, 1.165) is 0 Å². The zero-order valence-corrected chi connectivity index (χ0v) is 11.8. The molecule has 3 N–H and O–H groups in total. The molecule has 0 rings (SSSR count). The molecule has 0 fully saturated rings. The van der Waals surface area contributed by atoms with E-state index >= 15 is 0 Å². The van der Waals surface area contributed by atoms with E-state index in [4.69, 9.17) is 26.6 Å². The van der Waals surface area contributed by atoms with Gasteiger partial charge in [0, 0.05) is 0 Å². The zero-order chi connectivity index (χ0) is 11.0. The molecular formula is H3AuCuNO6S4. The van der Waals surface area contributed by atoms with E-state index in [1.54, 1.807) is 0 Å². The molecule has 0 saturated heterocycles. The quantitative estimate of drug-likeness (QED) is 0.338. The normalized spacial score (nSPS) is 9.46. The molecule has 0 aliphatic rings. The Hall–Kier alpha value is 1.80. The van der Waals surface area contributed by atoms with E-state index in [9.17, 15) is 0 Å². The molecule has 13 heteroatoms. The van der Waals surface area contributed by atoms with Crippen molar-refractivity contribution in [3.05, 3.63) is 0 Å². The first-order valence-corrected chi connectivity index (χ1v) is 6.88. The molecule has 0 radical (unpaired) electrons. The molecule has 7 nitrogen and oxygen atoms in total. The maximum absolute atomic E-state index is 8.89. The summed E-state index contributed by atoms with van der Waals surface area (Å²) >= 11 is 10.4. The van der Waals surface area contributed by atoms with Crippen molar-refractivity contribution in [1.82, 2.24) is 0 Å². The molecule has 0 aromatic rings. The van der Waals surface area contributed by atoms with E-state index in [1.807, 2.05) is 0 Å². The van der Waals surface area contributed by atoms with Crippen molar-refractivity contribution in [2.75, 3.05) is 0 Å². The van der Waals surface area contributed by atoms with Gasteiger partial charge >= 0.3 is 43.4 Å². The Balaban J connectivity index is -0.0000000491. The van der Waals surface area contributed by atoms with Gasteiger partial charge in [-0.1, -0.05) is 0 Å². The Morgan fingerprint density at radius 3 is 0.923 bits per heavy atom. The summed E-state index contributed by atoms with van der Waals surface area (Å²) in [6.45, 7) is 0. The van der Waals surface area contributed by atoms with Crippen LogP contribution < -0.4 is 4.75 Å². The van der Waals surface area contributed by atoms with Crippen LogP contribution >= 0.6 is 0 Å². The Labute approximate surface area is 109 Å². The molecule has 0 heterocycles. The predicted molar refractivity (Wildman–Crippen MR) is 37.0 cm³/mol. The second-order valence-electron chi connectivity index (χ2n) is 0.816. The Morgan fingerprint density at radius 1 is 0.923 bits per heavy atom. The van der Waals surface area contributed by atoms with Crippen molar-refractivity contribution in [2.24, 2.45) is 0 Å². The third-order valence-electron chi connectivity index (χ3n) is 0. The van der Waals surface area contributed by atoms with Crippen LogP contribution in [0.4, 0.5) is 0 Å². The number of hydrogen-bond donors (Lipinski definition) is 1. The third kappa shape index (κ3) is 593. The topological polar surface area (TPSA) is 154 Å². The summed E-state index contributed by atoms with van der Waals surface area (Å²) in [6.07, 6.45) is 0. The van der Waals surface area contributed by atoms with Crippen LogP contribution in [0.25, 0.3) is 0 Å². The summed E-state index contributed by atoms with van der Waals surface area (Å²) in [6, 6.07) is 0. The summed E-state index contributed by atoms with van der Waals surface area (Å²) < 4.78 is 56.2. The van der Waals surface area contributed by atoms with Crippen LogP contribution in [0.2, 0.25) is 0 Å². The summed E-state index contributed by atoms with van der Waals surface area (Å²) in [5, 5.41) is 0.